The smallest absolute Gasteiger partial charge is 0.192 e. The van der Waals surface area contributed by atoms with Crippen molar-refractivity contribution in [1.82, 2.24) is 0 Å². The van der Waals surface area contributed by atoms with Gasteiger partial charge in [-0.1, -0.05) is 33.8 Å². The van der Waals surface area contributed by atoms with Gasteiger partial charge in [-0.25, -0.2) is 0 Å². The third-order valence-corrected chi connectivity index (χ3v) is 11.6. The molecule has 3 rings (SSSR count). The van der Waals surface area contributed by atoms with Crippen molar-refractivity contribution >= 4 is 8.32 Å². The summed E-state index contributed by atoms with van der Waals surface area (Å²) in [5.41, 5.74) is 3.33. The molecule has 3 heteroatoms. The highest BCUT2D eigenvalue weighted by Gasteiger charge is 2.52. The van der Waals surface area contributed by atoms with E-state index < -0.39 is 8.32 Å². The Bertz CT molecular complexity index is 617. The zero-order chi connectivity index (χ0) is 17.8. The van der Waals surface area contributed by atoms with E-state index in [4.69, 9.17) is 9.16 Å². The van der Waals surface area contributed by atoms with E-state index in [9.17, 15) is 0 Å². The topological polar surface area (TPSA) is 18.5 Å². The minimum absolute atomic E-state index is 0.279. The van der Waals surface area contributed by atoms with E-state index in [0.717, 1.165) is 12.2 Å². The zero-order valence-corrected chi connectivity index (χ0v) is 17.5. The summed E-state index contributed by atoms with van der Waals surface area (Å²) in [5.74, 6) is 1.63. The van der Waals surface area contributed by atoms with Gasteiger partial charge in [0.25, 0.3) is 0 Å². The lowest BCUT2D eigenvalue weighted by Crippen LogP contribution is -2.48. The number of hydrogen-bond acceptors (Lipinski definition) is 2. The molecule has 1 aromatic carbocycles. The van der Waals surface area contributed by atoms with E-state index in [0.29, 0.717) is 12.0 Å². The lowest BCUT2D eigenvalue weighted by molar-refractivity contribution is 0.0546. The first kappa shape index (κ1) is 18.0. The Kier molecular flexibility index (Phi) is 4.41. The number of aryl methyl sites for hydroxylation is 1. The van der Waals surface area contributed by atoms with E-state index in [2.05, 4.69) is 59.0 Å². The van der Waals surface area contributed by atoms with Crippen LogP contribution >= 0.6 is 0 Å². The summed E-state index contributed by atoms with van der Waals surface area (Å²) < 4.78 is 12.3. The van der Waals surface area contributed by atoms with Crippen LogP contribution in [0.3, 0.4) is 0 Å². The first-order chi connectivity index (χ1) is 11.1. The van der Waals surface area contributed by atoms with Crippen molar-refractivity contribution in [3.63, 3.8) is 0 Å². The van der Waals surface area contributed by atoms with Gasteiger partial charge in [0, 0.05) is 0 Å². The predicted molar refractivity (Wildman–Crippen MR) is 103 cm³/mol. The van der Waals surface area contributed by atoms with Crippen LogP contribution < -0.4 is 4.74 Å². The summed E-state index contributed by atoms with van der Waals surface area (Å²) in [7, 11) is 0.0377. The standard InChI is InChI=1S/C21H34O2Si/c1-20(2,3)24(6,7)23-19-11-10-18-17-9-8-16(22-5)14-15(17)12-13-21(18,19)4/h8-9,14,18-19H,10-13H2,1-7H3/t18-,19+,21+/m1/s1. The maximum atomic E-state index is 6.91. The molecule has 2 nitrogen and oxygen atoms in total. The van der Waals surface area contributed by atoms with Crippen LogP contribution in [0.2, 0.25) is 18.1 Å². The van der Waals surface area contributed by atoms with Gasteiger partial charge in [0.1, 0.15) is 5.75 Å². The summed E-state index contributed by atoms with van der Waals surface area (Å²) in [6.45, 7) is 14.3. The molecule has 0 N–H and O–H groups in total. The van der Waals surface area contributed by atoms with Crippen LogP contribution in [-0.4, -0.2) is 21.5 Å². The Hall–Kier alpha value is -0.803. The largest absolute Gasteiger partial charge is 0.497 e. The van der Waals surface area contributed by atoms with Crippen molar-refractivity contribution in [2.75, 3.05) is 7.11 Å². The average Bonchev–Trinajstić information content (AvgIpc) is 2.82. The molecule has 1 aromatic rings. The van der Waals surface area contributed by atoms with Gasteiger partial charge in [0.2, 0.25) is 0 Å². The molecular weight excluding hydrogens is 312 g/mol. The van der Waals surface area contributed by atoms with Gasteiger partial charge >= 0.3 is 0 Å². The Morgan fingerprint density at radius 1 is 1.17 bits per heavy atom. The molecule has 3 atom stereocenters. The predicted octanol–water partition coefficient (Wildman–Crippen LogP) is 5.92. The van der Waals surface area contributed by atoms with E-state index in [1.54, 1.807) is 12.7 Å². The van der Waals surface area contributed by atoms with Crippen LogP contribution in [0.5, 0.6) is 5.75 Å². The van der Waals surface area contributed by atoms with E-state index in [1.807, 2.05) is 0 Å². The molecule has 0 aromatic heterocycles. The minimum atomic E-state index is -1.72. The molecule has 0 radical (unpaired) electrons. The second-order valence-electron chi connectivity index (χ2n) is 9.57. The maximum absolute atomic E-state index is 6.91. The van der Waals surface area contributed by atoms with Crippen LogP contribution in [0.15, 0.2) is 18.2 Å². The lowest BCUT2D eigenvalue weighted by atomic mass is 9.66. The van der Waals surface area contributed by atoms with E-state index >= 15 is 0 Å². The second kappa shape index (κ2) is 5.88. The number of methoxy groups -OCH3 is 1. The molecule has 1 fully saturated rings. The quantitative estimate of drug-likeness (QED) is 0.633. The number of rotatable bonds is 3. The Balaban J connectivity index is 1.87. The molecule has 0 spiro atoms. The Labute approximate surface area is 149 Å². The number of fused-ring (bicyclic) bond motifs is 3. The number of benzene rings is 1. The van der Waals surface area contributed by atoms with Gasteiger partial charge < -0.3 is 9.16 Å². The van der Waals surface area contributed by atoms with Gasteiger partial charge in [-0.15, -0.1) is 0 Å². The monoisotopic (exact) mass is 346 g/mol. The molecular formula is C21H34O2Si. The van der Waals surface area contributed by atoms with Crippen molar-refractivity contribution in [3.05, 3.63) is 29.3 Å². The summed E-state index contributed by atoms with van der Waals surface area (Å²) in [6.07, 6.45) is 5.26. The molecule has 0 unspecified atom stereocenters. The fourth-order valence-corrected chi connectivity index (χ4v) is 5.90. The lowest BCUT2D eigenvalue weighted by Gasteiger charge is -2.46. The first-order valence-electron chi connectivity index (χ1n) is 9.43. The van der Waals surface area contributed by atoms with Gasteiger partial charge in [-0.2, -0.15) is 0 Å². The van der Waals surface area contributed by atoms with Crippen LogP contribution in [0, 0.1) is 5.41 Å². The third-order valence-electron chi connectivity index (χ3n) is 7.15. The van der Waals surface area contributed by atoms with Crippen molar-refractivity contribution in [2.24, 2.45) is 5.41 Å². The highest BCUT2D eigenvalue weighted by molar-refractivity contribution is 6.74. The van der Waals surface area contributed by atoms with Gasteiger partial charge in [-0.05, 0) is 78.4 Å². The fraction of sp³-hybridized carbons (Fsp3) is 0.714. The summed E-state index contributed by atoms with van der Waals surface area (Å²) in [4.78, 5) is 0. The molecule has 134 valence electrons. The van der Waals surface area contributed by atoms with Gasteiger partial charge in [0.05, 0.1) is 13.2 Å². The molecule has 2 aliphatic rings. The van der Waals surface area contributed by atoms with Crippen LogP contribution in [0.4, 0.5) is 0 Å². The SMILES string of the molecule is COc1ccc2c(c1)CC[C@]1(C)[C@@H](O[Si](C)(C)C(C)(C)C)CC[C@H]21. The molecule has 24 heavy (non-hydrogen) atoms. The number of ether oxygens (including phenoxy) is 1. The average molecular weight is 347 g/mol. The Morgan fingerprint density at radius 2 is 1.88 bits per heavy atom. The normalized spacial score (nSPS) is 30.0. The highest BCUT2D eigenvalue weighted by Crippen LogP contribution is 2.58. The van der Waals surface area contributed by atoms with Crippen LogP contribution in [-0.2, 0) is 10.8 Å². The van der Waals surface area contributed by atoms with Crippen molar-refractivity contribution in [3.8, 4) is 5.75 Å². The molecule has 0 bridgehead atoms. The Morgan fingerprint density at radius 3 is 2.50 bits per heavy atom. The summed E-state index contributed by atoms with van der Waals surface area (Å²) in [6, 6.07) is 6.69. The number of hydrogen-bond donors (Lipinski definition) is 0. The van der Waals surface area contributed by atoms with Crippen molar-refractivity contribution in [2.45, 2.75) is 83.5 Å². The van der Waals surface area contributed by atoms with Gasteiger partial charge in [0.15, 0.2) is 8.32 Å². The van der Waals surface area contributed by atoms with Crippen molar-refractivity contribution < 1.29 is 9.16 Å². The third kappa shape index (κ3) is 2.84. The van der Waals surface area contributed by atoms with Crippen LogP contribution in [0.1, 0.15) is 64.0 Å². The molecule has 1 saturated carbocycles. The minimum Gasteiger partial charge on any atom is -0.497 e. The van der Waals surface area contributed by atoms with Gasteiger partial charge in [-0.3, -0.25) is 0 Å². The first-order valence-corrected chi connectivity index (χ1v) is 12.3. The zero-order valence-electron chi connectivity index (χ0n) is 16.5. The van der Waals surface area contributed by atoms with Crippen LogP contribution in [0.25, 0.3) is 0 Å². The molecule has 2 aliphatic carbocycles. The maximum Gasteiger partial charge on any atom is 0.192 e. The highest BCUT2D eigenvalue weighted by atomic mass is 28.4. The van der Waals surface area contributed by atoms with E-state index in [-0.39, 0.29) is 10.5 Å². The summed E-state index contributed by atoms with van der Waals surface area (Å²) >= 11 is 0. The second-order valence-corrected chi connectivity index (χ2v) is 14.3. The summed E-state index contributed by atoms with van der Waals surface area (Å²) in [5, 5.41) is 0.279. The molecule has 0 aliphatic heterocycles. The molecule has 0 amide bonds. The fourth-order valence-electron chi connectivity index (χ4n) is 4.44. The van der Waals surface area contributed by atoms with Crippen molar-refractivity contribution in [1.29, 1.82) is 0 Å². The molecule has 0 saturated heterocycles. The molecule has 0 heterocycles. The van der Waals surface area contributed by atoms with E-state index in [1.165, 1.54) is 24.8 Å².